The van der Waals surface area contributed by atoms with Crippen molar-refractivity contribution in [3.8, 4) is 11.5 Å². The van der Waals surface area contributed by atoms with E-state index < -0.39 is 74.5 Å². The summed E-state index contributed by atoms with van der Waals surface area (Å²) in [5.41, 5.74) is -7.63. The van der Waals surface area contributed by atoms with E-state index in [0.717, 1.165) is 0 Å². The number of hydrogen-bond acceptors (Lipinski definition) is 12. The molecule has 2 saturated carbocycles. The fourth-order valence-electron chi connectivity index (χ4n) is 9.72. The predicted octanol–water partition coefficient (Wildman–Crippen LogP) is 6.17. The molecular weight excluding hydrogens is 672 g/mol. The van der Waals surface area contributed by atoms with Gasteiger partial charge in [0.2, 0.25) is 16.6 Å². The van der Waals surface area contributed by atoms with Gasteiger partial charge >= 0.3 is 23.9 Å². The zero-order valence-electron chi connectivity index (χ0n) is 31.2. The molecule has 6 atom stereocenters. The molecule has 8 rings (SSSR count). The third kappa shape index (κ3) is 3.75. The first kappa shape index (κ1) is 34.5. The number of methoxy groups -OCH3 is 1. The van der Waals surface area contributed by atoms with Crippen molar-refractivity contribution in [3.63, 3.8) is 0 Å². The summed E-state index contributed by atoms with van der Waals surface area (Å²) < 4.78 is 43.5. The molecule has 2 aliphatic carbocycles. The molecule has 0 N–H and O–H groups in total. The first-order chi connectivity index (χ1) is 24.1. The largest absolute Gasteiger partial charge is 0.496 e. The van der Waals surface area contributed by atoms with Crippen molar-refractivity contribution in [3.05, 3.63) is 45.6 Å². The van der Waals surface area contributed by atoms with Gasteiger partial charge in [-0.25, -0.2) is 9.59 Å². The first-order valence-corrected chi connectivity index (χ1v) is 17.8. The number of hydrogen-bond donors (Lipinski definition) is 0. The van der Waals surface area contributed by atoms with E-state index in [1.54, 1.807) is 52.8 Å². The van der Waals surface area contributed by atoms with Crippen molar-refractivity contribution in [2.24, 2.45) is 21.7 Å². The van der Waals surface area contributed by atoms with E-state index in [1.165, 1.54) is 13.2 Å². The van der Waals surface area contributed by atoms with Gasteiger partial charge in [-0.05, 0) is 71.9 Å². The Kier molecular flexibility index (Phi) is 6.68. The van der Waals surface area contributed by atoms with E-state index in [0.29, 0.717) is 23.8 Å². The van der Waals surface area contributed by atoms with Crippen LogP contribution in [-0.2, 0) is 38.1 Å². The van der Waals surface area contributed by atoms with Crippen LogP contribution in [0.25, 0.3) is 21.9 Å². The lowest BCUT2D eigenvalue weighted by molar-refractivity contribution is -0.217. The zero-order chi connectivity index (χ0) is 37.8. The Labute approximate surface area is 300 Å². The molecule has 0 spiro atoms. The molecule has 3 aliphatic heterocycles. The molecule has 2 saturated heterocycles. The van der Waals surface area contributed by atoms with Crippen LogP contribution in [0.3, 0.4) is 0 Å². The number of esters is 4. The van der Waals surface area contributed by atoms with Crippen LogP contribution in [0.5, 0.6) is 11.5 Å². The van der Waals surface area contributed by atoms with Gasteiger partial charge in [-0.15, -0.1) is 0 Å². The molecule has 12 heteroatoms. The monoisotopic (exact) mass is 716 g/mol. The molecule has 0 radical (unpaired) electrons. The molecule has 276 valence electrons. The molecule has 2 aromatic carbocycles. The highest BCUT2D eigenvalue weighted by Gasteiger charge is 2.78. The minimum Gasteiger partial charge on any atom is -0.496 e. The molecule has 5 aliphatic rings. The fourth-order valence-corrected chi connectivity index (χ4v) is 9.72. The Balaban J connectivity index is 1.34. The molecule has 52 heavy (non-hydrogen) atoms. The SMILES string of the molecule is COc1cc2c(c3oc4cccc(C)c4c(=O)c13)[C@@H](OC(=O)[C@@]13CC[C@@](C)(C(=O)O1)C3(C)C)[C@@H](OC(=O)[C@@]13CC[C@@](C)(C(=O)O1)C3(C)C)C(C)(C)O2. The van der Waals surface area contributed by atoms with Gasteiger partial charge in [0, 0.05) is 16.9 Å². The van der Waals surface area contributed by atoms with Gasteiger partial charge in [0.25, 0.3) is 0 Å². The standard InChI is InChI=1S/C40H44O12/c1-19-12-11-13-20-23(19)26(41)24-21(46-10)18-22-25(27(24)47-20)28(48-32(44)39-16-14-37(8,30(42)51-39)35(39,4)5)29(34(2,3)50-22)49-33(45)40-17-15-38(9,31(43)52-40)36(40,6)7/h11-13,18,28-29H,14-17H2,1-10H3/t28-,29-,37+,38+,39-,40-/m1/s1. The van der Waals surface area contributed by atoms with E-state index in [9.17, 15) is 24.0 Å². The number of ether oxygens (including phenoxy) is 6. The fraction of sp³-hybridized carbons (Fsp3) is 0.575. The van der Waals surface area contributed by atoms with Gasteiger partial charge in [-0.2, -0.15) is 0 Å². The number of rotatable bonds is 5. The number of carbonyl (C=O) groups is 4. The third-order valence-electron chi connectivity index (χ3n) is 14.3. The lowest BCUT2D eigenvalue weighted by Crippen LogP contribution is -2.57. The summed E-state index contributed by atoms with van der Waals surface area (Å²) in [7, 11) is 1.42. The average molecular weight is 717 g/mol. The molecule has 4 heterocycles. The van der Waals surface area contributed by atoms with Crippen LogP contribution in [0.1, 0.15) is 98.3 Å². The number of benzene rings is 2. The molecule has 1 aromatic heterocycles. The van der Waals surface area contributed by atoms with Gasteiger partial charge in [0.15, 0.2) is 17.8 Å². The van der Waals surface area contributed by atoms with Crippen LogP contribution in [-0.4, -0.2) is 53.9 Å². The minimum absolute atomic E-state index is 0.0162. The molecule has 12 nitrogen and oxygen atoms in total. The summed E-state index contributed by atoms with van der Waals surface area (Å²) >= 11 is 0. The minimum atomic E-state index is -1.64. The van der Waals surface area contributed by atoms with Crippen molar-refractivity contribution in [2.75, 3.05) is 7.11 Å². The highest BCUT2D eigenvalue weighted by molar-refractivity contribution is 5.99. The molecule has 4 bridgehead atoms. The molecule has 0 amide bonds. The quantitative estimate of drug-likeness (QED) is 0.168. The Hall–Kier alpha value is -4.61. The summed E-state index contributed by atoms with van der Waals surface area (Å²) in [6, 6.07) is 6.75. The maximum Gasteiger partial charge on any atom is 0.351 e. The summed E-state index contributed by atoms with van der Waals surface area (Å²) in [5, 5.41) is 0.423. The van der Waals surface area contributed by atoms with Crippen molar-refractivity contribution in [2.45, 2.75) is 117 Å². The van der Waals surface area contributed by atoms with E-state index in [-0.39, 0.29) is 51.9 Å². The number of aryl methyl sites for hydroxylation is 1. The van der Waals surface area contributed by atoms with E-state index in [2.05, 4.69) is 0 Å². The van der Waals surface area contributed by atoms with Gasteiger partial charge in [0.05, 0.1) is 28.9 Å². The molecular formula is C40H44O12. The molecule has 0 unspecified atom stereocenters. The smallest absolute Gasteiger partial charge is 0.351 e. The van der Waals surface area contributed by atoms with Crippen LogP contribution in [0.2, 0.25) is 0 Å². The highest BCUT2D eigenvalue weighted by Crippen LogP contribution is 2.68. The average Bonchev–Trinajstić information content (AvgIpc) is 3.53. The first-order valence-electron chi connectivity index (χ1n) is 17.8. The second kappa shape index (κ2) is 10.1. The van der Waals surface area contributed by atoms with Crippen molar-refractivity contribution in [1.82, 2.24) is 0 Å². The Morgan fingerprint density at radius 1 is 0.750 bits per heavy atom. The van der Waals surface area contributed by atoms with Crippen molar-refractivity contribution < 1.29 is 52.0 Å². The summed E-state index contributed by atoms with van der Waals surface area (Å²) in [4.78, 5) is 70.0. The third-order valence-corrected chi connectivity index (χ3v) is 14.3. The Morgan fingerprint density at radius 2 is 1.31 bits per heavy atom. The van der Waals surface area contributed by atoms with E-state index in [1.807, 2.05) is 27.7 Å². The maximum absolute atomic E-state index is 14.7. The summed E-state index contributed by atoms with van der Waals surface area (Å²) in [6.07, 6.45) is -1.53. The number of fused-ring (bicyclic) bond motifs is 8. The van der Waals surface area contributed by atoms with Crippen molar-refractivity contribution in [1.29, 1.82) is 0 Å². The lowest BCUT2D eigenvalue weighted by atomic mass is 9.66. The normalized spacial score (nSPS) is 34.4. The second-order valence-corrected chi connectivity index (χ2v) is 17.3. The van der Waals surface area contributed by atoms with Crippen LogP contribution in [0.15, 0.2) is 33.5 Å². The van der Waals surface area contributed by atoms with Gasteiger partial charge in [-0.1, -0.05) is 39.8 Å². The highest BCUT2D eigenvalue weighted by atomic mass is 16.7. The van der Waals surface area contributed by atoms with Crippen LogP contribution in [0.4, 0.5) is 0 Å². The Morgan fingerprint density at radius 3 is 1.81 bits per heavy atom. The van der Waals surface area contributed by atoms with Crippen molar-refractivity contribution >= 4 is 45.8 Å². The summed E-state index contributed by atoms with van der Waals surface area (Å²) in [5.74, 6) is -2.27. The second-order valence-electron chi connectivity index (χ2n) is 17.3. The van der Waals surface area contributed by atoms with Gasteiger partial charge in [-0.3, -0.25) is 14.4 Å². The zero-order valence-corrected chi connectivity index (χ0v) is 31.2. The molecule has 4 fully saturated rings. The van der Waals surface area contributed by atoms with E-state index >= 15 is 0 Å². The van der Waals surface area contributed by atoms with Gasteiger partial charge in [0.1, 0.15) is 28.1 Å². The van der Waals surface area contributed by atoms with Crippen LogP contribution < -0.4 is 14.9 Å². The van der Waals surface area contributed by atoms with Crippen LogP contribution in [0, 0.1) is 28.6 Å². The predicted molar refractivity (Wildman–Crippen MR) is 185 cm³/mol. The van der Waals surface area contributed by atoms with Gasteiger partial charge < -0.3 is 32.8 Å². The molecule has 3 aromatic rings. The topological polar surface area (TPSA) is 154 Å². The Bertz CT molecular complexity index is 2230. The van der Waals surface area contributed by atoms with E-state index in [4.69, 9.17) is 32.8 Å². The summed E-state index contributed by atoms with van der Waals surface area (Å²) in [6.45, 7) is 16.0. The lowest BCUT2D eigenvalue weighted by Gasteiger charge is -2.46. The maximum atomic E-state index is 14.7. The van der Waals surface area contributed by atoms with Crippen LogP contribution >= 0.6 is 0 Å². The number of carbonyl (C=O) groups excluding carboxylic acids is 4.